The van der Waals surface area contributed by atoms with Crippen LogP contribution in [0.1, 0.15) is 70.2 Å². The molecule has 1 aliphatic heterocycles. The van der Waals surface area contributed by atoms with Crippen molar-refractivity contribution in [3.8, 4) is 0 Å². The quantitative estimate of drug-likeness (QED) is 0.318. The van der Waals surface area contributed by atoms with Gasteiger partial charge >= 0.3 is 5.97 Å². The molecule has 4 N–H and O–H groups in total. The highest BCUT2D eigenvalue weighted by Crippen LogP contribution is 2.43. The van der Waals surface area contributed by atoms with Crippen LogP contribution < -0.4 is 16.0 Å². The first kappa shape index (κ1) is 30.1. The van der Waals surface area contributed by atoms with E-state index < -0.39 is 53.7 Å². The van der Waals surface area contributed by atoms with Crippen LogP contribution in [0.4, 0.5) is 5.69 Å². The largest absolute Gasteiger partial charge is 0.481 e. The molecule has 12 heteroatoms. The molecule has 1 aromatic rings. The summed E-state index contributed by atoms with van der Waals surface area (Å²) in [5, 5.41) is 17.1. The van der Waals surface area contributed by atoms with Crippen LogP contribution in [0.5, 0.6) is 0 Å². The molecule has 1 aliphatic carbocycles. The SMILES string of the molecule is CCC(=O)Nc1ccc(C(=O)N[C@H](C(=O)N2C3CC[C@@H](C3)[C@H]2C(=O)N[C@H](C=O)CC(=O)O)C(C)(C)C)cc1Cl. The number of piperidine rings is 1. The minimum atomic E-state index is -1.23. The number of nitrogens with zero attached hydrogens (tertiary/aromatic N) is 1. The standard InChI is InChI=1S/C27H35ClN4O7/c1-5-20(34)30-19-9-7-15(11-18(19)28)24(37)31-23(27(2,3)4)26(39)32-17-8-6-14(10-17)22(32)25(38)29-16(13-33)12-21(35)36/h7,9,11,13-14,16-17,22-23H,5-6,8,10,12H2,1-4H3,(H,29,38)(H,30,34)(H,31,37)(H,35,36)/t14-,16-,17?,22-,23+/m0/s1. The lowest BCUT2D eigenvalue weighted by atomic mass is 9.84. The van der Waals surface area contributed by atoms with E-state index in [1.54, 1.807) is 27.7 Å². The Hall–Kier alpha value is -3.47. The van der Waals surface area contributed by atoms with E-state index >= 15 is 0 Å². The highest BCUT2D eigenvalue weighted by atomic mass is 35.5. The summed E-state index contributed by atoms with van der Waals surface area (Å²) >= 11 is 6.27. The monoisotopic (exact) mass is 562 g/mol. The lowest BCUT2D eigenvalue weighted by molar-refractivity contribution is -0.147. The molecule has 1 aromatic carbocycles. The molecule has 2 bridgehead atoms. The van der Waals surface area contributed by atoms with Gasteiger partial charge in [-0.2, -0.15) is 0 Å². The summed E-state index contributed by atoms with van der Waals surface area (Å²) < 4.78 is 0. The van der Waals surface area contributed by atoms with Crippen LogP contribution in [-0.4, -0.2) is 70.1 Å². The summed E-state index contributed by atoms with van der Waals surface area (Å²) in [6, 6.07) is 1.13. The zero-order chi connectivity index (χ0) is 29.1. The Morgan fingerprint density at radius 3 is 2.41 bits per heavy atom. The average molecular weight is 563 g/mol. The van der Waals surface area contributed by atoms with E-state index in [1.165, 1.54) is 23.1 Å². The Morgan fingerprint density at radius 1 is 1.15 bits per heavy atom. The maximum atomic E-state index is 14.0. The molecule has 11 nitrogen and oxygen atoms in total. The number of carbonyl (C=O) groups excluding carboxylic acids is 5. The second-order valence-corrected chi connectivity index (χ2v) is 11.5. The van der Waals surface area contributed by atoms with Gasteiger partial charge in [0.15, 0.2) is 0 Å². The minimum absolute atomic E-state index is 0.128. The van der Waals surface area contributed by atoms with Gasteiger partial charge in [-0.25, -0.2) is 0 Å². The average Bonchev–Trinajstić information content (AvgIpc) is 3.48. The summed E-state index contributed by atoms with van der Waals surface area (Å²) in [6.07, 6.45) is 2.11. The van der Waals surface area contributed by atoms with Crippen molar-refractivity contribution in [1.82, 2.24) is 15.5 Å². The van der Waals surface area contributed by atoms with Crippen molar-refractivity contribution < 1.29 is 33.9 Å². The summed E-state index contributed by atoms with van der Waals surface area (Å²) in [5.41, 5.74) is -0.179. The number of aliphatic carboxylic acids is 1. The lowest BCUT2D eigenvalue weighted by Gasteiger charge is -2.40. The van der Waals surface area contributed by atoms with Crippen LogP contribution >= 0.6 is 11.6 Å². The van der Waals surface area contributed by atoms with Crippen molar-refractivity contribution in [1.29, 1.82) is 0 Å². The predicted molar refractivity (Wildman–Crippen MR) is 143 cm³/mol. The van der Waals surface area contributed by atoms with Crippen LogP contribution in [0.2, 0.25) is 5.02 Å². The zero-order valence-corrected chi connectivity index (χ0v) is 23.2. The van der Waals surface area contributed by atoms with Crippen molar-refractivity contribution in [3.63, 3.8) is 0 Å². The third kappa shape index (κ3) is 6.95. The van der Waals surface area contributed by atoms with Crippen LogP contribution in [0.3, 0.4) is 0 Å². The van der Waals surface area contributed by atoms with Crippen LogP contribution in [0.15, 0.2) is 18.2 Å². The summed E-state index contributed by atoms with van der Waals surface area (Å²) in [6.45, 7) is 7.09. The number of aldehydes is 1. The smallest absolute Gasteiger partial charge is 0.305 e. The molecule has 2 aliphatic rings. The Kier molecular flexibility index (Phi) is 9.37. The molecule has 2 fully saturated rings. The number of anilines is 1. The topological polar surface area (TPSA) is 162 Å². The fourth-order valence-corrected chi connectivity index (χ4v) is 5.47. The molecule has 0 aromatic heterocycles. The van der Waals surface area contributed by atoms with Gasteiger partial charge in [0.05, 0.1) is 23.2 Å². The number of benzene rings is 1. The molecule has 0 spiro atoms. The Bertz CT molecular complexity index is 1170. The molecule has 0 radical (unpaired) electrons. The van der Waals surface area contributed by atoms with E-state index in [1.807, 2.05) is 0 Å². The van der Waals surface area contributed by atoms with Gasteiger partial charge in [0.1, 0.15) is 18.4 Å². The number of hydrogen-bond acceptors (Lipinski definition) is 6. The molecule has 1 unspecified atom stereocenters. The number of amides is 4. The maximum Gasteiger partial charge on any atom is 0.305 e. The van der Waals surface area contributed by atoms with E-state index in [9.17, 15) is 28.8 Å². The lowest BCUT2D eigenvalue weighted by Crippen LogP contribution is -2.61. The van der Waals surface area contributed by atoms with Gasteiger partial charge in [-0.1, -0.05) is 39.3 Å². The number of carboxylic acids is 1. The Balaban J connectivity index is 1.82. The first-order chi connectivity index (χ1) is 18.3. The van der Waals surface area contributed by atoms with Gasteiger partial charge in [0, 0.05) is 18.0 Å². The van der Waals surface area contributed by atoms with Crippen molar-refractivity contribution in [2.24, 2.45) is 11.3 Å². The molecule has 5 atom stereocenters. The number of halogens is 1. The van der Waals surface area contributed by atoms with E-state index in [0.29, 0.717) is 24.8 Å². The molecule has 3 rings (SSSR count). The number of likely N-dealkylation sites (tertiary alicyclic amines) is 1. The van der Waals surface area contributed by atoms with Crippen molar-refractivity contribution in [3.05, 3.63) is 28.8 Å². The number of carbonyl (C=O) groups is 6. The fourth-order valence-electron chi connectivity index (χ4n) is 5.24. The van der Waals surface area contributed by atoms with Gasteiger partial charge in [-0.3, -0.25) is 24.0 Å². The number of carboxylic acid groups (broad SMARTS) is 1. The molecule has 39 heavy (non-hydrogen) atoms. The summed E-state index contributed by atoms with van der Waals surface area (Å²) in [5.74, 6) is -3.15. The maximum absolute atomic E-state index is 14.0. The third-order valence-corrected chi connectivity index (χ3v) is 7.52. The fraction of sp³-hybridized carbons (Fsp3) is 0.556. The second-order valence-electron chi connectivity index (χ2n) is 11.1. The molecule has 212 valence electrons. The Morgan fingerprint density at radius 2 is 1.85 bits per heavy atom. The molecule has 4 amide bonds. The third-order valence-electron chi connectivity index (χ3n) is 7.21. The molecule has 1 heterocycles. The van der Waals surface area contributed by atoms with Crippen molar-refractivity contribution in [2.75, 3.05) is 5.32 Å². The summed E-state index contributed by atoms with van der Waals surface area (Å²) in [4.78, 5) is 76.0. The van der Waals surface area contributed by atoms with Crippen molar-refractivity contribution in [2.45, 2.75) is 84.0 Å². The first-order valence-electron chi connectivity index (χ1n) is 13.0. The number of nitrogens with one attached hydrogen (secondary N) is 3. The van der Waals surface area contributed by atoms with Gasteiger partial charge in [-0.15, -0.1) is 0 Å². The van der Waals surface area contributed by atoms with Crippen LogP contribution in [-0.2, 0) is 24.0 Å². The second kappa shape index (κ2) is 12.1. The Labute approximate surface area is 232 Å². The van der Waals surface area contributed by atoms with Gasteiger partial charge in [-0.05, 0) is 48.8 Å². The zero-order valence-electron chi connectivity index (χ0n) is 22.5. The van der Waals surface area contributed by atoms with E-state index in [-0.39, 0.29) is 34.9 Å². The van der Waals surface area contributed by atoms with Crippen molar-refractivity contribution >= 4 is 53.2 Å². The number of fused-ring (bicyclic) bond motifs is 2. The molecular formula is C27H35ClN4O7. The van der Waals surface area contributed by atoms with Gasteiger partial charge in [0.2, 0.25) is 17.7 Å². The number of rotatable bonds is 10. The minimum Gasteiger partial charge on any atom is -0.481 e. The highest BCUT2D eigenvalue weighted by Gasteiger charge is 2.53. The highest BCUT2D eigenvalue weighted by molar-refractivity contribution is 6.34. The first-order valence-corrected chi connectivity index (χ1v) is 13.3. The molecule has 1 saturated carbocycles. The number of hydrogen-bond donors (Lipinski definition) is 4. The van der Waals surface area contributed by atoms with E-state index in [2.05, 4.69) is 16.0 Å². The van der Waals surface area contributed by atoms with E-state index in [0.717, 1.165) is 6.42 Å². The van der Waals surface area contributed by atoms with Gasteiger partial charge < -0.3 is 30.8 Å². The molecule has 1 saturated heterocycles. The predicted octanol–water partition coefficient (Wildman–Crippen LogP) is 2.37. The normalized spacial score (nSPS) is 21.6. The van der Waals surface area contributed by atoms with E-state index in [4.69, 9.17) is 16.7 Å². The van der Waals surface area contributed by atoms with Crippen LogP contribution in [0.25, 0.3) is 0 Å². The van der Waals surface area contributed by atoms with Crippen LogP contribution in [0, 0.1) is 11.3 Å². The van der Waals surface area contributed by atoms with Gasteiger partial charge in [0.25, 0.3) is 5.91 Å². The summed E-state index contributed by atoms with van der Waals surface area (Å²) in [7, 11) is 0. The molecular weight excluding hydrogens is 528 g/mol.